The number of carbonyl (C=O) groups excluding carboxylic acids is 3. The van der Waals surface area contributed by atoms with E-state index >= 15 is 0 Å². The van der Waals surface area contributed by atoms with Crippen molar-refractivity contribution in [2.24, 2.45) is 5.73 Å². The third kappa shape index (κ3) is 9.30. The Morgan fingerprint density at radius 3 is 2.53 bits per heavy atom. The maximum absolute atomic E-state index is 14.1. The molecule has 0 aliphatic carbocycles. The first-order valence-corrected chi connectivity index (χ1v) is 16.2. The van der Waals surface area contributed by atoms with Gasteiger partial charge in [-0.25, -0.2) is 4.79 Å². The number of fused-ring (bicyclic) bond motifs is 1. The quantitative estimate of drug-likeness (QED) is 0.158. The second-order valence-corrected chi connectivity index (χ2v) is 12.8. The molecule has 2 atom stereocenters. The van der Waals surface area contributed by atoms with Crippen molar-refractivity contribution in [3.63, 3.8) is 0 Å². The van der Waals surface area contributed by atoms with Crippen LogP contribution in [0, 0.1) is 0 Å². The Labute approximate surface area is 268 Å². The third-order valence-corrected chi connectivity index (χ3v) is 8.61. The molecule has 3 aromatic carbocycles. The molecule has 0 saturated heterocycles. The Hall–Kier alpha value is -3.90. The third-order valence-electron chi connectivity index (χ3n) is 7.88. The van der Waals surface area contributed by atoms with E-state index in [2.05, 4.69) is 22.0 Å². The first-order valence-electron chi connectivity index (χ1n) is 15.0. The van der Waals surface area contributed by atoms with Gasteiger partial charge in [0.15, 0.2) is 0 Å². The van der Waals surface area contributed by atoms with Crippen LogP contribution in [-0.4, -0.2) is 65.2 Å². The van der Waals surface area contributed by atoms with E-state index in [0.29, 0.717) is 25.9 Å². The largest absolute Gasteiger partial charge is 0.394 e. The fourth-order valence-corrected chi connectivity index (χ4v) is 5.92. The molecule has 10 nitrogen and oxygen atoms in total. The minimum atomic E-state index is -0.920. The highest BCUT2D eigenvalue weighted by molar-refractivity contribution is 7.98. The molecule has 0 bridgehead atoms. The summed E-state index contributed by atoms with van der Waals surface area (Å²) >= 11 is 1.64. The zero-order valence-electron chi connectivity index (χ0n) is 26.0. The molecule has 1 heterocycles. The number of rotatable bonds is 13. The van der Waals surface area contributed by atoms with Crippen LogP contribution in [-0.2, 0) is 29.1 Å². The van der Waals surface area contributed by atoms with Crippen LogP contribution in [0.15, 0.2) is 71.6 Å². The summed E-state index contributed by atoms with van der Waals surface area (Å²) in [4.78, 5) is 41.4. The molecule has 0 fully saturated rings. The van der Waals surface area contributed by atoms with Gasteiger partial charge in [-0.3, -0.25) is 9.59 Å². The van der Waals surface area contributed by atoms with Crippen LogP contribution in [0.4, 0.5) is 10.5 Å². The molecule has 1 aliphatic rings. The average molecular weight is 634 g/mol. The van der Waals surface area contributed by atoms with E-state index in [1.54, 1.807) is 16.7 Å². The van der Waals surface area contributed by atoms with Crippen molar-refractivity contribution in [3.8, 4) is 11.1 Å². The molecule has 0 unspecified atom stereocenters. The molecule has 0 radical (unpaired) electrons. The number of anilines is 1. The van der Waals surface area contributed by atoms with Gasteiger partial charge in [0.2, 0.25) is 11.8 Å². The number of amides is 4. The minimum absolute atomic E-state index is 0.0936. The summed E-state index contributed by atoms with van der Waals surface area (Å²) in [6.45, 7) is 4.10. The second kappa shape index (κ2) is 15.4. The molecule has 4 rings (SSSR count). The Morgan fingerprint density at radius 1 is 1.11 bits per heavy atom. The number of hydrogen-bond donors (Lipinski definition) is 6. The second-order valence-electron chi connectivity index (χ2n) is 11.9. The molecule has 0 spiro atoms. The first kappa shape index (κ1) is 34.0. The van der Waals surface area contributed by atoms with Crippen LogP contribution < -0.4 is 26.6 Å². The van der Waals surface area contributed by atoms with Gasteiger partial charge in [0.25, 0.3) is 0 Å². The van der Waals surface area contributed by atoms with Gasteiger partial charge >= 0.3 is 6.03 Å². The highest BCUT2D eigenvalue weighted by atomic mass is 32.2. The van der Waals surface area contributed by atoms with Crippen molar-refractivity contribution < 1.29 is 24.6 Å². The van der Waals surface area contributed by atoms with Crippen LogP contribution in [0.5, 0.6) is 0 Å². The number of aliphatic hydroxyl groups excluding tert-OH is 2. The molecule has 1 aliphatic heterocycles. The lowest BCUT2D eigenvalue weighted by Gasteiger charge is -2.29. The van der Waals surface area contributed by atoms with E-state index in [9.17, 15) is 19.5 Å². The van der Waals surface area contributed by atoms with Crippen molar-refractivity contribution in [2.45, 2.75) is 68.8 Å². The molecule has 3 aromatic rings. The van der Waals surface area contributed by atoms with Crippen LogP contribution in [0.3, 0.4) is 0 Å². The highest BCUT2D eigenvalue weighted by Crippen LogP contribution is 2.33. The summed E-state index contributed by atoms with van der Waals surface area (Å²) < 4.78 is 0. The predicted molar refractivity (Wildman–Crippen MR) is 178 cm³/mol. The summed E-state index contributed by atoms with van der Waals surface area (Å²) in [6, 6.07) is 20.6. The minimum Gasteiger partial charge on any atom is -0.394 e. The van der Waals surface area contributed by atoms with Crippen molar-refractivity contribution in [3.05, 3.63) is 83.4 Å². The summed E-state index contributed by atoms with van der Waals surface area (Å²) in [5, 5.41) is 27.5. The SMILES string of the molecule is CSc1ccc2c(c1)CC[C@@H](NC(=O)CC(C)(C)NC[C@H](O)CO)C(=O)N2Cc1ccc(-c2ccccc2CNC(N)=O)cc1. The maximum atomic E-state index is 14.1. The fraction of sp³-hybridized carbons (Fsp3) is 0.382. The van der Waals surface area contributed by atoms with Crippen molar-refractivity contribution in [1.29, 1.82) is 0 Å². The van der Waals surface area contributed by atoms with Gasteiger partial charge in [0.05, 0.1) is 19.3 Å². The van der Waals surface area contributed by atoms with Gasteiger partial charge in [-0.2, -0.15) is 0 Å². The number of urea groups is 1. The van der Waals surface area contributed by atoms with Crippen LogP contribution in [0.25, 0.3) is 11.1 Å². The van der Waals surface area contributed by atoms with Gasteiger partial charge in [-0.05, 0) is 79.0 Å². The van der Waals surface area contributed by atoms with E-state index in [0.717, 1.165) is 38.4 Å². The zero-order chi connectivity index (χ0) is 32.6. The molecule has 11 heteroatoms. The number of benzene rings is 3. The lowest BCUT2D eigenvalue weighted by molar-refractivity contribution is -0.128. The molecule has 45 heavy (non-hydrogen) atoms. The average Bonchev–Trinajstić information content (AvgIpc) is 3.14. The van der Waals surface area contributed by atoms with E-state index in [-0.39, 0.29) is 31.4 Å². The Kier molecular flexibility index (Phi) is 11.6. The predicted octanol–water partition coefficient (Wildman–Crippen LogP) is 3.32. The number of nitrogens with two attached hydrogens (primary N) is 1. The molecule has 0 aromatic heterocycles. The number of nitrogens with one attached hydrogen (secondary N) is 3. The lowest BCUT2D eigenvalue weighted by Crippen LogP contribution is -2.51. The number of carbonyl (C=O) groups is 3. The first-order chi connectivity index (χ1) is 21.5. The van der Waals surface area contributed by atoms with Gasteiger partial charge in [-0.15, -0.1) is 11.8 Å². The Balaban J connectivity index is 1.54. The summed E-state index contributed by atoms with van der Waals surface area (Å²) in [5.41, 5.74) is 10.3. The molecule has 7 N–H and O–H groups in total. The monoisotopic (exact) mass is 633 g/mol. The van der Waals surface area contributed by atoms with Gasteiger partial charge < -0.3 is 36.8 Å². The topological polar surface area (TPSA) is 157 Å². The van der Waals surface area contributed by atoms with Crippen LogP contribution >= 0.6 is 11.8 Å². The smallest absolute Gasteiger partial charge is 0.312 e. The van der Waals surface area contributed by atoms with Gasteiger partial charge in [-0.1, -0.05) is 48.5 Å². The molecule has 0 saturated carbocycles. The van der Waals surface area contributed by atoms with Crippen LogP contribution in [0.1, 0.15) is 43.4 Å². The number of hydrogen-bond acceptors (Lipinski definition) is 7. The van der Waals surface area contributed by atoms with E-state index in [1.165, 1.54) is 0 Å². The normalized spacial score (nSPS) is 15.6. The fourth-order valence-electron chi connectivity index (χ4n) is 5.46. The number of β-amino-alcohol motifs (C(OH)–C–C–N with tert-alkyl or cyclic N) is 1. The Morgan fingerprint density at radius 2 is 1.84 bits per heavy atom. The van der Waals surface area contributed by atoms with E-state index < -0.39 is 23.7 Å². The Bertz CT molecular complexity index is 1500. The summed E-state index contributed by atoms with van der Waals surface area (Å²) in [6.07, 6.45) is 2.30. The standard InChI is InChI=1S/C34H43N5O5S/c1-34(2,37-19-26(41)21-40)17-31(42)38-29-14-12-24-16-27(45-3)13-15-30(24)39(32(29)43)20-22-8-10-23(11-9-22)28-7-5-4-6-25(28)18-36-33(35)44/h4-11,13,15-16,26,29,37,40-41H,12,14,17-21H2,1-3H3,(H,38,42)(H3,35,36,44)/t26-,29+/m0/s1. The van der Waals surface area contributed by atoms with Crippen molar-refractivity contribution >= 4 is 35.3 Å². The maximum Gasteiger partial charge on any atom is 0.312 e. The molecular weight excluding hydrogens is 590 g/mol. The number of primary amides is 1. The molecule has 4 amide bonds. The lowest BCUT2D eigenvalue weighted by atomic mass is 9.98. The van der Waals surface area contributed by atoms with Crippen LogP contribution in [0.2, 0.25) is 0 Å². The summed E-state index contributed by atoms with van der Waals surface area (Å²) in [5.74, 6) is -0.443. The highest BCUT2D eigenvalue weighted by Gasteiger charge is 2.33. The molecule has 240 valence electrons. The van der Waals surface area contributed by atoms with E-state index in [1.807, 2.05) is 80.8 Å². The molecular formula is C34H43N5O5S. The van der Waals surface area contributed by atoms with Crippen molar-refractivity contribution in [1.82, 2.24) is 16.0 Å². The number of nitrogens with zero attached hydrogens (tertiary/aromatic N) is 1. The number of aliphatic hydroxyl groups is 2. The van der Waals surface area contributed by atoms with E-state index in [4.69, 9.17) is 10.8 Å². The van der Waals surface area contributed by atoms with Crippen molar-refractivity contribution in [2.75, 3.05) is 24.3 Å². The number of aryl methyl sites for hydroxylation is 1. The number of thioether (sulfide) groups is 1. The van der Waals surface area contributed by atoms with Gasteiger partial charge in [0, 0.05) is 35.6 Å². The summed E-state index contributed by atoms with van der Waals surface area (Å²) in [7, 11) is 0. The van der Waals surface area contributed by atoms with Gasteiger partial charge in [0.1, 0.15) is 6.04 Å². The zero-order valence-corrected chi connectivity index (χ0v) is 26.8.